The van der Waals surface area contributed by atoms with Crippen LogP contribution in [0.15, 0.2) is 0 Å². The van der Waals surface area contributed by atoms with Crippen LogP contribution in [-0.4, -0.2) is 0 Å². The highest BCUT2D eigenvalue weighted by Crippen LogP contribution is 2.37. The van der Waals surface area contributed by atoms with E-state index in [9.17, 15) is 0 Å². The summed E-state index contributed by atoms with van der Waals surface area (Å²) in [5.74, 6) is 4.75. The molecule has 0 nitrogen and oxygen atoms in total. The zero-order valence-electron chi connectivity index (χ0n) is 13.2. The van der Waals surface area contributed by atoms with Gasteiger partial charge in [-0.25, -0.2) is 0 Å². The second kappa shape index (κ2) is 10.3. The summed E-state index contributed by atoms with van der Waals surface area (Å²) in [4.78, 5) is 0. The van der Waals surface area contributed by atoms with E-state index < -0.39 is 0 Å². The van der Waals surface area contributed by atoms with E-state index in [1.54, 1.807) is 0 Å². The van der Waals surface area contributed by atoms with Gasteiger partial charge < -0.3 is 0 Å². The highest BCUT2D eigenvalue weighted by atomic mass is 32.1. The van der Waals surface area contributed by atoms with Crippen molar-refractivity contribution in [2.45, 2.75) is 74.1 Å². The molecule has 0 saturated heterocycles. The molecule has 1 saturated carbocycles. The highest BCUT2D eigenvalue weighted by molar-refractivity contribution is 7.59. The molecule has 1 fully saturated rings. The molecule has 0 bridgehead atoms. The van der Waals surface area contributed by atoms with Crippen molar-refractivity contribution in [1.82, 2.24) is 0 Å². The van der Waals surface area contributed by atoms with E-state index in [2.05, 4.69) is 48.5 Å². The van der Waals surface area contributed by atoms with Crippen molar-refractivity contribution in [2.24, 2.45) is 29.6 Å². The van der Waals surface area contributed by atoms with Crippen molar-refractivity contribution in [3.8, 4) is 0 Å². The van der Waals surface area contributed by atoms with Crippen LogP contribution in [0.1, 0.15) is 74.1 Å². The molecule has 1 aliphatic carbocycles. The molecule has 0 aromatic carbocycles. The number of hydrogen-bond acceptors (Lipinski definition) is 0. The molecule has 0 amide bonds. The first-order valence-corrected chi connectivity index (χ1v) is 7.38. The predicted molar refractivity (Wildman–Crippen MR) is 86.0 cm³/mol. The lowest BCUT2D eigenvalue weighted by Gasteiger charge is -2.35. The third-order valence-electron chi connectivity index (χ3n) is 4.17. The van der Waals surface area contributed by atoms with Gasteiger partial charge in [-0.15, -0.1) is 0 Å². The normalized spacial score (nSPS) is 28.4. The molecule has 1 aliphatic rings. The van der Waals surface area contributed by atoms with E-state index in [0.717, 1.165) is 29.6 Å². The zero-order valence-corrected chi connectivity index (χ0v) is 14.2. The smallest absolute Gasteiger partial charge is 0.0365 e. The van der Waals surface area contributed by atoms with Crippen LogP contribution < -0.4 is 0 Å². The Kier molecular flexibility index (Phi) is 11.9. The van der Waals surface area contributed by atoms with E-state index in [1.807, 2.05) is 0 Å². The van der Waals surface area contributed by atoms with Gasteiger partial charge in [0.1, 0.15) is 0 Å². The summed E-state index contributed by atoms with van der Waals surface area (Å²) in [6.45, 7) is 16.2. The number of rotatable bonds is 2. The van der Waals surface area contributed by atoms with Gasteiger partial charge in [-0.2, -0.15) is 13.5 Å². The molecule has 0 spiro atoms. The third-order valence-corrected chi connectivity index (χ3v) is 4.17. The molecule has 0 heterocycles. The van der Waals surface area contributed by atoms with Crippen LogP contribution in [0.2, 0.25) is 0 Å². The molecular formula is C16H36S. The maximum Gasteiger partial charge on any atom is -0.0365 e. The van der Waals surface area contributed by atoms with Gasteiger partial charge in [-0.05, 0) is 42.4 Å². The maximum absolute atomic E-state index is 2.43. The molecule has 0 aromatic rings. The summed E-state index contributed by atoms with van der Waals surface area (Å²) in [5.41, 5.74) is 0. The molecule has 0 radical (unpaired) electrons. The monoisotopic (exact) mass is 260 g/mol. The largest absolute Gasteiger partial charge is 0.197 e. The molecule has 3 unspecified atom stereocenters. The SMILES string of the molecule is CC1CCC(C(C)C)C(C)C1.CCC(C)C.S. The zero-order chi connectivity index (χ0) is 12.7. The van der Waals surface area contributed by atoms with Crippen molar-refractivity contribution in [3.63, 3.8) is 0 Å². The van der Waals surface area contributed by atoms with Crippen molar-refractivity contribution >= 4 is 13.5 Å². The van der Waals surface area contributed by atoms with Crippen molar-refractivity contribution in [3.05, 3.63) is 0 Å². The lowest BCUT2D eigenvalue weighted by Crippen LogP contribution is -2.25. The lowest BCUT2D eigenvalue weighted by atomic mass is 9.71. The van der Waals surface area contributed by atoms with Gasteiger partial charge in [0, 0.05) is 0 Å². The predicted octanol–water partition coefficient (Wildman–Crippen LogP) is 5.88. The Morgan fingerprint density at radius 1 is 1.00 bits per heavy atom. The Hall–Kier alpha value is 0.350. The number of hydrogen-bond donors (Lipinski definition) is 0. The fourth-order valence-electron chi connectivity index (χ4n) is 2.68. The first-order chi connectivity index (χ1) is 7.38. The maximum atomic E-state index is 2.43. The molecule has 1 heteroatoms. The van der Waals surface area contributed by atoms with E-state index in [0.29, 0.717) is 0 Å². The minimum atomic E-state index is 0. The van der Waals surface area contributed by atoms with Crippen molar-refractivity contribution in [1.29, 1.82) is 0 Å². The van der Waals surface area contributed by atoms with E-state index >= 15 is 0 Å². The first-order valence-electron chi connectivity index (χ1n) is 7.38. The molecule has 106 valence electrons. The Balaban J connectivity index is 0. The molecule has 3 atom stereocenters. The summed E-state index contributed by atoms with van der Waals surface area (Å²) in [7, 11) is 0. The topological polar surface area (TPSA) is 0 Å². The van der Waals surface area contributed by atoms with Crippen LogP contribution in [0.3, 0.4) is 0 Å². The molecule has 0 aliphatic heterocycles. The first kappa shape index (κ1) is 19.7. The Morgan fingerprint density at radius 3 is 1.76 bits per heavy atom. The van der Waals surface area contributed by atoms with Crippen molar-refractivity contribution in [2.75, 3.05) is 0 Å². The third kappa shape index (κ3) is 8.99. The summed E-state index contributed by atoms with van der Waals surface area (Å²) >= 11 is 0. The molecule has 0 N–H and O–H groups in total. The van der Waals surface area contributed by atoms with Gasteiger partial charge in [-0.3, -0.25) is 0 Å². The van der Waals surface area contributed by atoms with E-state index in [-0.39, 0.29) is 13.5 Å². The van der Waals surface area contributed by atoms with Gasteiger partial charge in [-0.1, -0.05) is 61.3 Å². The lowest BCUT2D eigenvalue weighted by molar-refractivity contribution is 0.158. The van der Waals surface area contributed by atoms with Crippen LogP contribution in [0.4, 0.5) is 0 Å². The van der Waals surface area contributed by atoms with Gasteiger partial charge in [0.2, 0.25) is 0 Å². The molecule has 0 aromatic heterocycles. The van der Waals surface area contributed by atoms with Gasteiger partial charge in [0.05, 0.1) is 0 Å². The van der Waals surface area contributed by atoms with Gasteiger partial charge >= 0.3 is 0 Å². The average molecular weight is 261 g/mol. The summed E-state index contributed by atoms with van der Waals surface area (Å²) < 4.78 is 0. The second-order valence-electron chi connectivity index (χ2n) is 6.61. The molecule has 17 heavy (non-hydrogen) atoms. The Morgan fingerprint density at radius 2 is 1.47 bits per heavy atom. The Labute approximate surface area is 117 Å². The van der Waals surface area contributed by atoms with Gasteiger partial charge in [0.25, 0.3) is 0 Å². The summed E-state index contributed by atoms with van der Waals surface area (Å²) in [6, 6.07) is 0. The quantitative estimate of drug-likeness (QED) is 0.581. The van der Waals surface area contributed by atoms with Crippen LogP contribution in [-0.2, 0) is 0 Å². The average Bonchev–Trinajstić information content (AvgIpc) is 2.17. The van der Waals surface area contributed by atoms with E-state index in [4.69, 9.17) is 0 Å². The standard InChI is InChI=1S/C11H22.C5H12.H2S/c1-8(2)11-6-5-9(3)7-10(11)4;1-4-5(2)3;/h8-11H,5-7H2,1-4H3;5H,4H2,1-3H3;1H2. The van der Waals surface area contributed by atoms with Crippen LogP contribution in [0.5, 0.6) is 0 Å². The van der Waals surface area contributed by atoms with Crippen LogP contribution in [0.25, 0.3) is 0 Å². The van der Waals surface area contributed by atoms with Crippen molar-refractivity contribution < 1.29 is 0 Å². The summed E-state index contributed by atoms with van der Waals surface area (Å²) in [5, 5.41) is 0. The highest BCUT2D eigenvalue weighted by Gasteiger charge is 2.26. The fourth-order valence-corrected chi connectivity index (χ4v) is 2.68. The summed E-state index contributed by atoms with van der Waals surface area (Å²) in [6.07, 6.45) is 5.70. The molecule has 1 rings (SSSR count). The Bertz CT molecular complexity index is 163. The van der Waals surface area contributed by atoms with Gasteiger partial charge in [0.15, 0.2) is 0 Å². The molecular weight excluding hydrogens is 224 g/mol. The minimum Gasteiger partial charge on any atom is -0.197 e. The minimum absolute atomic E-state index is 0. The van der Waals surface area contributed by atoms with Crippen LogP contribution >= 0.6 is 13.5 Å². The second-order valence-corrected chi connectivity index (χ2v) is 6.61. The van der Waals surface area contributed by atoms with Crippen LogP contribution in [0, 0.1) is 29.6 Å². The fraction of sp³-hybridized carbons (Fsp3) is 1.00. The van der Waals surface area contributed by atoms with E-state index in [1.165, 1.54) is 25.7 Å².